The Morgan fingerprint density at radius 1 is 1.64 bits per heavy atom. The van der Waals surface area contributed by atoms with Crippen LogP contribution in [0.2, 0.25) is 0 Å². The molecular formula is C4H10N2O4S. The van der Waals surface area contributed by atoms with E-state index < -0.39 is 10.4 Å². The molecule has 7 heteroatoms. The van der Waals surface area contributed by atoms with Crippen molar-refractivity contribution < 1.29 is 17.5 Å². The molecule has 0 aliphatic rings. The molecule has 0 spiro atoms. The first-order valence-electron chi connectivity index (χ1n) is 2.66. The molecule has 0 rings (SSSR count). The van der Waals surface area contributed by atoms with Gasteiger partial charge in [0.15, 0.2) is 0 Å². The van der Waals surface area contributed by atoms with Crippen molar-refractivity contribution in [3.8, 4) is 6.07 Å². The quantitative estimate of drug-likeness (QED) is 0.473. The van der Waals surface area contributed by atoms with Crippen molar-refractivity contribution in [3.05, 3.63) is 0 Å². The van der Waals surface area contributed by atoms with Crippen LogP contribution in [0.1, 0.15) is 13.3 Å². The third kappa shape index (κ3) is 45.3. The smallest absolute Gasteiger partial charge is 0.316 e. The van der Waals surface area contributed by atoms with E-state index >= 15 is 0 Å². The largest absolute Gasteiger partial charge is 0.394 e. The van der Waals surface area contributed by atoms with Gasteiger partial charge < -0.3 is 5.73 Å². The second-order valence-electron chi connectivity index (χ2n) is 1.59. The zero-order chi connectivity index (χ0) is 9.49. The molecule has 66 valence electrons. The Kier molecular flexibility index (Phi) is 7.13. The summed E-state index contributed by atoms with van der Waals surface area (Å²) < 4.78 is 31.6. The van der Waals surface area contributed by atoms with Crippen LogP contribution >= 0.6 is 0 Å². The van der Waals surface area contributed by atoms with Crippen molar-refractivity contribution >= 4 is 10.4 Å². The molecule has 0 aromatic rings. The number of nitrogens with zero attached hydrogens (tertiary/aromatic N) is 1. The Labute approximate surface area is 65.2 Å². The third-order valence-corrected chi connectivity index (χ3v) is 0.606. The molecule has 0 heterocycles. The second-order valence-corrected chi connectivity index (χ2v) is 2.49. The van der Waals surface area contributed by atoms with E-state index in [-0.39, 0.29) is 6.04 Å². The van der Waals surface area contributed by atoms with Gasteiger partial charge >= 0.3 is 10.4 Å². The Hall–Kier alpha value is -0.680. The monoisotopic (exact) mass is 182 g/mol. The van der Waals surface area contributed by atoms with Gasteiger partial charge in [0, 0.05) is 0 Å². The van der Waals surface area contributed by atoms with Gasteiger partial charge in [-0.15, -0.1) is 0 Å². The predicted molar refractivity (Wildman–Crippen MR) is 38.1 cm³/mol. The molecule has 6 nitrogen and oxygen atoms in total. The van der Waals surface area contributed by atoms with Crippen molar-refractivity contribution in [2.75, 3.05) is 0 Å². The molecule has 0 radical (unpaired) electrons. The average Bonchev–Trinajstić information content (AvgIpc) is 1.83. The lowest BCUT2D eigenvalue weighted by molar-refractivity contribution is 0.381. The highest BCUT2D eigenvalue weighted by Gasteiger charge is 1.88. The minimum absolute atomic E-state index is 0.259. The molecule has 0 bridgehead atoms. The Bertz CT molecular complexity index is 209. The van der Waals surface area contributed by atoms with Crippen LogP contribution in [0.15, 0.2) is 0 Å². The first kappa shape index (κ1) is 12.9. The van der Waals surface area contributed by atoms with Gasteiger partial charge in [-0.05, 0) is 6.42 Å². The topological polar surface area (TPSA) is 124 Å². The number of rotatable bonds is 1. The minimum Gasteiger partial charge on any atom is -0.316 e. The van der Waals surface area contributed by atoms with Gasteiger partial charge in [0.1, 0.15) is 0 Å². The first-order chi connectivity index (χ1) is 4.81. The lowest BCUT2D eigenvalue weighted by Gasteiger charge is -1.88. The summed E-state index contributed by atoms with van der Waals surface area (Å²) in [4.78, 5) is 0. The van der Waals surface area contributed by atoms with E-state index in [0.29, 0.717) is 0 Å². The summed E-state index contributed by atoms with van der Waals surface area (Å²) in [6, 6.07) is 1.63. The van der Waals surface area contributed by atoms with Crippen molar-refractivity contribution in [1.82, 2.24) is 0 Å². The lowest BCUT2D eigenvalue weighted by Crippen LogP contribution is -2.14. The molecule has 4 N–H and O–H groups in total. The van der Waals surface area contributed by atoms with E-state index in [1.54, 1.807) is 0 Å². The van der Waals surface area contributed by atoms with Gasteiger partial charge in [-0.2, -0.15) is 13.7 Å². The molecule has 0 saturated carbocycles. The molecule has 0 saturated heterocycles. The lowest BCUT2D eigenvalue weighted by atomic mass is 10.3. The van der Waals surface area contributed by atoms with Crippen LogP contribution in [0.5, 0.6) is 0 Å². The van der Waals surface area contributed by atoms with Crippen molar-refractivity contribution in [3.63, 3.8) is 0 Å². The van der Waals surface area contributed by atoms with E-state index in [4.69, 9.17) is 28.5 Å². The van der Waals surface area contributed by atoms with Gasteiger partial charge in [0.05, 0.1) is 12.1 Å². The zero-order valence-electron chi connectivity index (χ0n) is 5.93. The zero-order valence-corrected chi connectivity index (χ0v) is 6.74. The van der Waals surface area contributed by atoms with E-state index in [9.17, 15) is 0 Å². The SMILES string of the molecule is CCC(N)C#N.O=S(=O)(O)O. The van der Waals surface area contributed by atoms with Crippen molar-refractivity contribution in [2.45, 2.75) is 19.4 Å². The normalized spacial score (nSPS) is 12.3. The van der Waals surface area contributed by atoms with Crippen molar-refractivity contribution in [2.24, 2.45) is 5.73 Å². The van der Waals surface area contributed by atoms with Crippen molar-refractivity contribution in [1.29, 1.82) is 5.26 Å². The maximum atomic E-state index is 8.74. The van der Waals surface area contributed by atoms with E-state index in [1.165, 1.54) is 0 Å². The molecule has 0 amide bonds. The van der Waals surface area contributed by atoms with Crippen LogP contribution in [0.3, 0.4) is 0 Å². The van der Waals surface area contributed by atoms with Gasteiger partial charge in [0.25, 0.3) is 0 Å². The number of nitriles is 1. The Morgan fingerprint density at radius 2 is 1.91 bits per heavy atom. The van der Waals surface area contributed by atoms with E-state index in [1.807, 2.05) is 13.0 Å². The summed E-state index contributed by atoms with van der Waals surface area (Å²) in [5.41, 5.74) is 5.11. The van der Waals surface area contributed by atoms with Crippen LogP contribution in [0.4, 0.5) is 0 Å². The molecule has 0 aliphatic carbocycles. The summed E-state index contributed by atoms with van der Waals surface area (Å²) >= 11 is 0. The van der Waals surface area contributed by atoms with Crippen LogP contribution in [-0.2, 0) is 10.4 Å². The fraction of sp³-hybridized carbons (Fsp3) is 0.750. The average molecular weight is 182 g/mol. The highest BCUT2D eigenvalue weighted by Crippen LogP contribution is 1.77. The van der Waals surface area contributed by atoms with Crippen LogP contribution in [-0.4, -0.2) is 23.6 Å². The van der Waals surface area contributed by atoms with Crippen LogP contribution in [0.25, 0.3) is 0 Å². The van der Waals surface area contributed by atoms with E-state index in [2.05, 4.69) is 0 Å². The summed E-state index contributed by atoms with van der Waals surface area (Å²) in [6.45, 7) is 1.88. The van der Waals surface area contributed by atoms with Gasteiger partial charge in [-0.1, -0.05) is 6.92 Å². The Balaban J connectivity index is 0. The van der Waals surface area contributed by atoms with Crippen LogP contribution in [0, 0.1) is 11.3 Å². The first-order valence-corrected chi connectivity index (χ1v) is 4.06. The third-order valence-electron chi connectivity index (χ3n) is 0.606. The fourth-order valence-electron chi connectivity index (χ4n) is 0.0913. The second kappa shape index (κ2) is 6.06. The number of nitrogens with two attached hydrogens (primary N) is 1. The highest BCUT2D eigenvalue weighted by molar-refractivity contribution is 7.79. The predicted octanol–water partition coefficient (Wildman–Crippen LogP) is -0.406. The Morgan fingerprint density at radius 3 is 1.91 bits per heavy atom. The minimum atomic E-state index is -4.67. The standard InChI is InChI=1S/C4H8N2.H2O4S/c1-2-4(6)3-5;1-5(2,3)4/h4H,2,6H2,1H3;(H2,1,2,3,4). The summed E-state index contributed by atoms with van der Waals surface area (Å²) in [6.07, 6.45) is 0.747. The summed E-state index contributed by atoms with van der Waals surface area (Å²) in [5.74, 6) is 0. The van der Waals surface area contributed by atoms with Gasteiger partial charge in [0.2, 0.25) is 0 Å². The van der Waals surface area contributed by atoms with Gasteiger partial charge in [-0.3, -0.25) is 9.11 Å². The molecular weight excluding hydrogens is 172 g/mol. The molecule has 0 aromatic carbocycles. The molecule has 1 unspecified atom stereocenters. The van der Waals surface area contributed by atoms with Gasteiger partial charge in [-0.25, -0.2) is 0 Å². The maximum absolute atomic E-state index is 8.74. The molecule has 0 aromatic heterocycles. The molecule has 1 atom stereocenters. The molecule has 0 fully saturated rings. The summed E-state index contributed by atoms with van der Waals surface area (Å²) in [7, 11) is -4.67. The van der Waals surface area contributed by atoms with E-state index in [0.717, 1.165) is 6.42 Å². The maximum Gasteiger partial charge on any atom is 0.394 e. The molecule has 0 aliphatic heterocycles. The fourth-order valence-corrected chi connectivity index (χ4v) is 0.0913. The molecule has 11 heavy (non-hydrogen) atoms. The van der Waals surface area contributed by atoms with Crippen LogP contribution < -0.4 is 5.73 Å². The number of hydrogen-bond donors (Lipinski definition) is 3. The highest BCUT2D eigenvalue weighted by atomic mass is 32.3. The number of hydrogen-bond acceptors (Lipinski definition) is 4. The summed E-state index contributed by atoms with van der Waals surface area (Å²) in [5, 5.41) is 7.96.